The van der Waals surface area contributed by atoms with Crippen LogP contribution < -0.4 is 0 Å². The van der Waals surface area contributed by atoms with E-state index in [1.54, 1.807) is 48.5 Å². The highest BCUT2D eigenvalue weighted by molar-refractivity contribution is 6.30. The third-order valence-corrected chi connectivity index (χ3v) is 5.33. The SMILES string of the molecule is O=C(O)C=CC(=O)N(CC1CC1)[C@H](c1ccc(Cl)cc1)[C@H](O)c1cccc(Cl)c1. The summed E-state index contributed by atoms with van der Waals surface area (Å²) in [4.78, 5) is 25.3. The van der Waals surface area contributed by atoms with Crippen LogP contribution in [0.5, 0.6) is 0 Å². The first kappa shape index (κ1) is 21.4. The Balaban J connectivity index is 2.03. The van der Waals surface area contributed by atoms with Gasteiger partial charge in [0.1, 0.15) is 6.10 Å². The van der Waals surface area contributed by atoms with Gasteiger partial charge in [0.25, 0.3) is 0 Å². The molecule has 0 bridgehead atoms. The number of aliphatic hydroxyl groups is 1. The maximum atomic E-state index is 12.9. The van der Waals surface area contributed by atoms with Gasteiger partial charge in [-0.1, -0.05) is 47.5 Å². The minimum Gasteiger partial charge on any atom is -0.478 e. The molecule has 1 saturated carbocycles. The summed E-state index contributed by atoms with van der Waals surface area (Å²) < 4.78 is 0. The zero-order chi connectivity index (χ0) is 21.0. The average molecular weight is 434 g/mol. The monoisotopic (exact) mass is 433 g/mol. The van der Waals surface area contributed by atoms with Crippen LogP contribution in [0.1, 0.15) is 36.1 Å². The molecule has 2 atom stereocenters. The molecule has 1 aliphatic rings. The lowest BCUT2D eigenvalue weighted by Gasteiger charge is -2.35. The van der Waals surface area contributed by atoms with Crippen LogP contribution in [0, 0.1) is 5.92 Å². The zero-order valence-electron chi connectivity index (χ0n) is 15.5. The summed E-state index contributed by atoms with van der Waals surface area (Å²) in [5.74, 6) is -1.35. The lowest BCUT2D eigenvalue weighted by atomic mass is 9.93. The number of carbonyl (C=O) groups excluding carboxylic acids is 1. The van der Waals surface area contributed by atoms with Gasteiger partial charge >= 0.3 is 5.97 Å². The van der Waals surface area contributed by atoms with Crippen molar-refractivity contribution in [2.24, 2.45) is 5.92 Å². The fraction of sp³-hybridized carbons (Fsp3) is 0.273. The lowest BCUT2D eigenvalue weighted by Crippen LogP contribution is -2.38. The molecule has 29 heavy (non-hydrogen) atoms. The molecule has 2 N–H and O–H groups in total. The predicted octanol–water partition coefficient (Wildman–Crippen LogP) is 4.65. The number of carbonyl (C=O) groups is 2. The standard InChI is InChI=1S/C22H21Cl2NO4/c23-17-8-6-15(7-9-17)21(22(29)16-2-1-3-18(24)12-16)25(13-14-4-5-14)19(26)10-11-20(27)28/h1-3,6-12,14,21-22,29H,4-5,13H2,(H,27,28)/t21-,22-/m1/s1. The van der Waals surface area contributed by atoms with Crippen LogP contribution in [-0.2, 0) is 9.59 Å². The lowest BCUT2D eigenvalue weighted by molar-refractivity contribution is -0.134. The van der Waals surface area contributed by atoms with Crippen molar-refractivity contribution in [1.29, 1.82) is 0 Å². The summed E-state index contributed by atoms with van der Waals surface area (Å²) in [7, 11) is 0. The molecule has 0 radical (unpaired) electrons. The Labute approximate surface area is 179 Å². The van der Waals surface area contributed by atoms with Gasteiger partial charge in [-0.15, -0.1) is 0 Å². The Hall–Kier alpha value is -2.34. The highest BCUT2D eigenvalue weighted by Gasteiger charge is 2.35. The predicted molar refractivity (Wildman–Crippen MR) is 112 cm³/mol. The summed E-state index contributed by atoms with van der Waals surface area (Å²) in [6.45, 7) is 0.424. The van der Waals surface area contributed by atoms with Crippen molar-refractivity contribution < 1.29 is 19.8 Å². The molecule has 1 aliphatic carbocycles. The van der Waals surface area contributed by atoms with Gasteiger partial charge in [-0.2, -0.15) is 0 Å². The summed E-state index contributed by atoms with van der Waals surface area (Å²) in [6.07, 6.45) is 2.77. The number of rotatable bonds is 8. The molecule has 2 aromatic carbocycles. The molecule has 0 spiro atoms. The number of hydrogen-bond acceptors (Lipinski definition) is 3. The van der Waals surface area contributed by atoms with Gasteiger partial charge in [-0.05, 0) is 54.2 Å². The highest BCUT2D eigenvalue weighted by atomic mass is 35.5. The average Bonchev–Trinajstić information content (AvgIpc) is 3.51. The van der Waals surface area contributed by atoms with Gasteiger partial charge < -0.3 is 15.1 Å². The number of aliphatic hydroxyl groups excluding tert-OH is 1. The van der Waals surface area contributed by atoms with E-state index < -0.39 is 24.0 Å². The first-order valence-corrected chi connectivity index (χ1v) is 10.0. The van der Waals surface area contributed by atoms with Gasteiger partial charge in [0.2, 0.25) is 5.91 Å². The third-order valence-electron chi connectivity index (χ3n) is 4.84. The van der Waals surface area contributed by atoms with Crippen LogP contribution in [-0.4, -0.2) is 33.5 Å². The number of carboxylic acids is 1. The molecule has 0 aromatic heterocycles. The minimum absolute atomic E-state index is 0.332. The molecule has 3 rings (SSSR count). The van der Waals surface area contributed by atoms with E-state index in [0.717, 1.165) is 25.0 Å². The highest BCUT2D eigenvalue weighted by Crippen LogP contribution is 2.39. The molecule has 2 aromatic rings. The Morgan fingerprint density at radius 3 is 2.31 bits per heavy atom. The van der Waals surface area contributed by atoms with Gasteiger partial charge in [0.15, 0.2) is 0 Å². The van der Waals surface area contributed by atoms with E-state index in [9.17, 15) is 14.7 Å². The minimum atomic E-state index is -1.21. The number of carboxylic acid groups (broad SMARTS) is 1. The molecule has 1 amide bonds. The molecule has 0 aliphatic heterocycles. The van der Waals surface area contributed by atoms with Crippen LogP contribution >= 0.6 is 23.2 Å². The Kier molecular flexibility index (Phi) is 6.96. The molecule has 0 unspecified atom stereocenters. The number of benzene rings is 2. The molecule has 0 saturated heterocycles. The Morgan fingerprint density at radius 1 is 1.03 bits per heavy atom. The molecule has 7 heteroatoms. The summed E-state index contributed by atoms with van der Waals surface area (Å²) in [5.41, 5.74) is 1.26. The van der Waals surface area contributed by atoms with E-state index in [4.69, 9.17) is 28.3 Å². The van der Waals surface area contributed by atoms with Crippen molar-refractivity contribution in [3.8, 4) is 0 Å². The van der Waals surface area contributed by atoms with Crippen LogP contribution in [0.15, 0.2) is 60.7 Å². The Morgan fingerprint density at radius 2 is 1.72 bits per heavy atom. The third kappa shape index (κ3) is 5.82. The largest absolute Gasteiger partial charge is 0.478 e. The second-order valence-electron chi connectivity index (χ2n) is 7.10. The number of amides is 1. The number of hydrogen-bond donors (Lipinski definition) is 2. The second kappa shape index (κ2) is 9.44. The van der Waals surface area contributed by atoms with Crippen molar-refractivity contribution >= 4 is 35.1 Å². The molecule has 1 fully saturated rings. The Bertz CT molecular complexity index is 909. The molecule has 152 valence electrons. The maximum absolute atomic E-state index is 12.9. The van der Waals surface area contributed by atoms with Crippen molar-refractivity contribution in [3.63, 3.8) is 0 Å². The maximum Gasteiger partial charge on any atom is 0.328 e. The first-order chi connectivity index (χ1) is 13.8. The summed E-state index contributed by atoms with van der Waals surface area (Å²) in [5, 5.41) is 21.1. The van der Waals surface area contributed by atoms with Crippen LogP contribution in [0.2, 0.25) is 10.0 Å². The fourth-order valence-electron chi connectivity index (χ4n) is 3.22. The van der Waals surface area contributed by atoms with E-state index in [0.29, 0.717) is 33.6 Å². The molecular formula is C22H21Cl2NO4. The number of halogens is 2. The zero-order valence-corrected chi connectivity index (χ0v) is 17.1. The van der Waals surface area contributed by atoms with Gasteiger partial charge in [0.05, 0.1) is 6.04 Å². The van der Waals surface area contributed by atoms with Crippen LogP contribution in [0.3, 0.4) is 0 Å². The second-order valence-corrected chi connectivity index (χ2v) is 7.97. The fourth-order valence-corrected chi connectivity index (χ4v) is 3.55. The normalized spacial score (nSPS) is 15.8. The van der Waals surface area contributed by atoms with Crippen LogP contribution in [0.4, 0.5) is 0 Å². The van der Waals surface area contributed by atoms with Crippen molar-refractivity contribution in [2.45, 2.75) is 25.0 Å². The summed E-state index contributed by atoms with van der Waals surface area (Å²) >= 11 is 12.1. The van der Waals surface area contributed by atoms with E-state index in [-0.39, 0.29) is 0 Å². The van der Waals surface area contributed by atoms with Crippen LogP contribution in [0.25, 0.3) is 0 Å². The van der Waals surface area contributed by atoms with E-state index in [2.05, 4.69) is 0 Å². The first-order valence-electron chi connectivity index (χ1n) is 9.25. The van der Waals surface area contributed by atoms with Gasteiger partial charge in [-0.3, -0.25) is 4.79 Å². The molecule has 5 nitrogen and oxygen atoms in total. The van der Waals surface area contributed by atoms with Gasteiger partial charge in [-0.25, -0.2) is 4.79 Å². The van der Waals surface area contributed by atoms with E-state index in [1.165, 1.54) is 4.90 Å². The quantitative estimate of drug-likeness (QED) is 0.593. The smallest absolute Gasteiger partial charge is 0.328 e. The summed E-state index contributed by atoms with van der Waals surface area (Å²) in [6, 6.07) is 13.0. The number of nitrogens with zero attached hydrogens (tertiary/aromatic N) is 1. The number of aliphatic carboxylic acids is 1. The molecular weight excluding hydrogens is 413 g/mol. The topological polar surface area (TPSA) is 77.8 Å². The van der Waals surface area contributed by atoms with Crippen molar-refractivity contribution in [3.05, 3.63) is 81.9 Å². The van der Waals surface area contributed by atoms with E-state index >= 15 is 0 Å². The van der Waals surface area contributed by atoms with Crippen molar-refractivity contribution in [1.82, 2.24) is 4.90 Å². The van der Waals surface area contributed by atoms with Crippen molar-refractivity contribution in [2.75, 3.05) is 6.54 Å². The van der Waals surface area contributed by atoms with E-state index in [1.807, 2.05) is 0 Å². The van der Waals surface area contributed by atoms with Gasteiger partial charge in [0, 0.05) is 28.7 Å². The molecule has 0 heterocycles.